The van der Waals surface area contributed by atoms with E-state index in [4.69, 9.17) is 15.2 Å². The summed E-state index contributed by atoms with van der Waals surface area (Å²) in [5, 5.41) is 2.89. The van der Waals surface area contributed by atoms with E-state index in [0.717, 1.165) is 32.8 Å². The molecule has 0 aromatic heterocycles. The normalized spacial score (nSPS) is 19.3. The molecule has 10 heteroatoms. The van der Waals surface area contributed by atoms with E-state index < -0.39 is 0 Å². The van der Waals surface area contributed by atoms with Gasteiger partial charge in [0.05, 0.1) is 19.1 Å². The molecule has 1 aromatic rings. The lowest BCUT2D eigenvalue weighted by Gasteiger charge is -2.28. The first-order chi connectivity index (χ1) is 13.2. The first kappa shape index (κ1) is 25.5. The molecule has 0 radical (unpaired) electrons. The minimum absolute atomic E-state index is 0. The Hall–Kier alpha value is -1.58. The molecule has 0 aliphatic carbocycles. The summed E-state index contributed by atoms with van der Waals surface area (Å²) >= 11 is 0. The number of amides is 2. The number of likely N-dealkylation sites (tertiary alicyclic amines) is 1. The number of carbonyl (C=O) groups is 2. The Balaban J connectivity index is 0.00000210. The molecule has 3 rings (SSSR count). The standard InChI is InChI=1S/C19H28N4O4.2ClH/c20-5-10-27-17-3-1-16(2-4-17)21-19(25)15-13-18(24)23(14-15)7-6-22-8-11-26-12-9-22;;/h1-4,15H,5-14,20H2,(H,21,25);2*1H. The molecule has 2 aliphatic rings. The Morgan fingerprint density at radius 1 is 1.17 bits per heavy atom. The fourth-order valence-electron chi connectivity index (χ4n) is 3.31. The van der Waals surface area contributed by atoms with Crippen LogP contribution in [-0.2, 0) is 14.3 Å². The molecule has 8 nitrogen and oxygen atoms in total. The molecule has 2 aliphatic heterocycles. The lowest BCUT2D eigenvalue weighted by Crippen LogP contribution is -2.42. The van der Waals surface area contributed by atoms with Crippen molar-refractivity contribution in [2.24, 2.45) is 11.7 Å². The lowest BCUT2D eigenvalue weighted by atomic mass is 10.1. The number of anilines is 1. The average Bonchev–Trinajstić information content (AvgIpc) is 3.07. The second kappa shape index (κ2) is 12.9. The second-order valence-electron chi connectivity index (χ2n) is 6.85. The average molecular weight is 449 g/mol. The monoisotopic (exact) mass is 448 g/mol. The predicted octanol–water partition coefficient (Wildman–Crippen LogP) is 0.987. The number of carbonyl (C=O) groups excluding carboxylic acids is 2. The summed E-state index contributed by atoms with van der Waals surface area (Å²) in [5.74, 6) is 0.334. The van der Waals surface area contributed by atoms with Gasteiger partial charge in [-0.3, -0.25) is 14.5 Å². The van der Waals surface area contributed by atoms with Crippen LogP contribution in [0.1, 0.15) is 6.42 Å². The number of benzene rings is 1. The topological polar surface area (TPSA) is 97.1 Å². The van der Waals surface area contributed by atoms with Gasteiger partial charge < -0.3 is 25.4 Å². The first-order valence-electron chi connectivity index (χ1n) is 9.47. The van der Waals surface area contributed by atoms with Crippen LogP contribution >= 0.6 is 24.8 Å². The van der Waals surface area contributed by atoms with Gasteiger partial charge in [-0.1, -0.05) is 0 Å². The van der Waals surface area contributed by atoms with Crippen molar-refractivity contribution >= 4 is 42.3 Å². The molecule has 0 bridgehead atoms. The molecule has 2 saturated heterocycles. The fourth-order valence-corrected chi connectivity index (χ4v) is 3.31. The lowest BCUT2D eigenvalue weighted by molar-refractivity contribution is -0.128. The van der Waals surface area contributed by atoms with Crippen molar-refractivity contribution in [2.75, 3.05) is 64.4 Å². The third-order valence-corrected chi connectivity index (χ3v) is 4.88. The molecule has 2 amide bonds. The molecular formula is C19H30Cl2N4O4. The molecule has 0 saturated carbocycles. The molecule has 2 fully saturated rings. The van der Waals surface area contributed by atoms with Crippen LogP contribution in [-0.4, -0.2) is 80.7 Å². The summed E-state index contributed by atoms with van der Waals surface area (Å²) < 4.78 is 10.8. The van der Waals surface area contributed by atoms with Crippen molar-refractivity contribution < 1.29 is 19.1 Å². The van der Waals surface area contributed by atoms with Gasteiger partial charge in [-0.05, 0) is 24.3 Å². The fraction of sp³-hybridized carbons (Fsp3) is 0.579. The van der Waals surface area contributed by atoms with Crippen LogP contribution in [0, 0.1) is 5.92 Å². The van der Waals surface area contributed by atoms with Gasteiger partial charge in [0.2, 0.25) is 11.8 Å². The number of morpholine rings is 1. The zero-order chi connectivity index (χ0) is 19.1. The summed E-state index contributed by atoms with van der Waals surface area (Å²) in [7, 11) is 0. The number of nitrogens with one attached hydrogen (secondary N) is 1. The van der Waals surface area contributed by atoms with Crippen molar-refractivity contribution in [3.05, 3.63) is 24.3 Å². The van der Waals surface area contributed by atoms with Gasteiger partial charge in [0.1, 0.15) is 12.4 Å². The molecule has 2 heterocycles. The molecular weight excluding hydrogens is 419 g/mol. The van der Waals surface area contributed by atoms with Gasteiger partial charge >= 0.3 is 0 Å². The van der Waals surface area contributed by atoms with Gasteiger partial charge in [-0.15, -0.1) is 24.8 Å². The zero-order valence-corrected chi connectivity index (χ0v) is 18.0. The van der Waals surface area contributed by atoms with Crippen molar-refractivity contribution in [3.63, 3.8) is 0 Å². The number of nitrogens with zero attached hydrogens (tertiary/aromatic N) is 2. The Morgan fingerprint density at radius 2 is 1.86 bits per heavy atom. The van der Waals surface area contributed by atoms with Crippen LogP contribution in [0.5, 0.6) is 5.75 Å². The van der Waals surface area contributed by atoms with E-state index in [1.165, 1.54) is 0 Å². The highest BCUT2D eigenvalue weighted by Crippen LogP contribution is 2.21. The van der Waals surface area contributed by atoms with E-state index in [2.05, 4.69) is 10.2 Å². The van der Waals surface area contributed by atoms with Crippen LogP contribution in [0.4, 0.5) is 5.69 Å². The summed E-state index contributed by atoms with van der Waals surface area (Å²) in [6.07, 6.45) is 0.270. The van der Waals surface area contributed by atoms with Crippen molar-refractivity contribution in [1.82, 2.24) is 9.80 Å². The SMILES string of the molecule is Cl.Cl.NCCOc1ccc(NC(=O)C2CC(=O)N(CCN3CCOCC3)C2)cc1. The van der Waals surface area contributed by atoms with E-state index in [0.29, 0.717) is 37.7 Å². The van der Waals surface area contributed by atoms with Crippen LogP contribution in [0.3, 0.4) is 0 Å². The highest BCUT2D eigenvalue weighted by atomic mass is 35.5. The highest BCUT2D eigenvalue weighted by molar-refractivity contribution is 5.97. The maximum atomic E-state index is 12.5. The van der Waals surface area contributed by atoms with Gasteiger partial charge in [-0.2, -0.15) is 0 Å². The molecule has 3 N–H and O–H groups in total. The second-order valence-corrected chi connectivity index (χ2v) is 6.85. The van der Waals surface area contributed by atoms with Crippen LogP contribution in [0.25, 0.3) is 0 Å². The van der Waals surface area contributed by atoms with Crippen LogP contribution in [0.2, 0.25) is 0 Å². The molecule has 1 aromatic carbocycles. The van der Waals surface area contributed by atoms with E-state index in [-0.39, 0.29) is 49.0 Å². The number of hydrogen-bond donors (Lipinski definition) is 2. The zero-order valence-electron chi connectivity index (χ0n) is 16.4. The van der Waals surface area contributed by atoms with E-state index in [1.54, 1.807) is 29.2 Å². The maximum Gasteiger partial charge on any atom is 0.229 e. The number of nitrogens with two attached hydrogens (primary N) is 1. The Labute approximate surface area is 183 Å². The largest absolute Gasteiger partial charge is 0.492 e. The molecule has 1 unspecified atom stereocenters. The summed E-state index contributed by atoms with van der Waals surface area (Å²) in [5.41, 5.74) is 6.10. The summed E-state index contributed by atoms with van der Waals surface area (Å²) in [6, 6.07) is 7.16. The Morgan fingerprint density at radius 3 is 2.52 bits per heavy atom. The molecule has 164 valence electrons. The van der Waals surface area contributed by atoms with E-state index in [1.807, 2.05) is 0 Å². The third-order valence-electron chi connectivity index (χ3n) is 4.88. The quantitative estimate of drug-likeness (QED) is 0.615. The minimum Gasteiger partial charge on any atom is -0.492 e. The number of rotatable bonds is 8. The van der Waals surface area contributed by atoms with Gasteiger partial charge in [0.15, 0.2) is 0 Å². The van der Waals surface area contributed by atoms with E-state index in [9.17, 15) is 9.59 Å². The summed E-state index contributed by atoms with van der Waals surface area (Å²) in [6.45, 7) is 6.17. The van der Waals surface area contributed by atoms with Gasteiger partial charge in [-0.25, -0.2) is 0 Å². The maximum absolute atomic E-state index is 12.5. The van der Waals surface area contributed by atoms with Crippen molar-refractivity contribution in [1.29, 1.82) is 0 Å². The predicted molar refractivity (Wildman–Crippen MR) is 116 cm³/mol. The third kappa shape index (κ3) is 7.64. The molecule has 29 heavy (non-hydrogen) atoms. The highest BCUT2D eigenvalue weighted by Gasteiger charge is 2.34. The van der Waals surface area contributed by atoms with Gasteiger partial charge in [0, 0.05) is 51.4 Å². The Kier molecular flexibility index (Phi) is 11.3. The number of ether oxygens (including phenoxy) is 2. The van der Waals surface area contributed by atoms with Crippen LogP contribution < -0.4 is 15.8 Å². The number of halogens is 2. The van der Waals surface area contributed by atoms with Crippen LogP contribution in [0.15, 0.2) is 24.3 Å². The summed E-state index contributed by atoms with van der Waals surface area (Å²) in [4.78, 5) is 28.8. The first-order valence-corrected chi connectivity index (χ1v) is 9.47. The number of hydrogen-bond acceptors (Lipinski definition) is 6. The molecule has 1 atom stereocenters. The van der Waals surface area contributed by atoms with Crippen molar-refractivity contribution in [3.8, 4) is 5.75 Å². The van der Waals surface area contributed by atoms with E-state index >= 15 is 0 Å². The minimum atomic E-state index is -0.310. The molecule has 0 spiro atoms. The van der Waals surface area contributed by atoms with Gasteiger partial charge in [0.25, 0.3) is 0 Å². The smallest absolute Gasteiger partial charge is 0.229 e. The Bertz CT molecular complexity index is 642. The van der Waals surface area contributed by atoms with Crippen molar-refractivity contribution in [2.45, 2.75) is 6.42 Å².